The maximum absolute atomic E-state index is 11.9. The van der Waals surface area contributed by atoms with E-state index >= 15 is 0 Å². The Labute approximate surface area is 66.0 Å². The number of H-pyrrole nitrogens is 1. The van der Waals surface area contributed by atoms with E-state index < -0.39 is 18.0 Å². The molecule has 0 saturated heterocycles. The van der Waals surface area contributed by atoms with Crippen molar-refractivity contribution in [2.24, 2.45) is 5.73 Å². The molecule has 68 valence electrons. The molecule has 0 aliphatic rings. The molecule has 1 aromatic heterocycles. The molecular formula is C6H7F3N2O. The molecule has 1 atom stereocenters. The second-order valence-electron chi connectivity index (χ2n) is 2.32. The number of aromatic hydroxyl groups is 1. The van der Waals surface area contributed by atoms with Crippen LogP contribution in [0.5, 0.6) is 5.75 Å². The number of aromatic amines is 1. The highest BCUT2D eigenvalue weighted by Crippen LogP contribution is 2.34. The topological polar surface area (TPSA) is 62.0 Å². The van der Waals surface area contributed by atoms with Gasteiger partial charge in [-0.3, -0.25) is 0 Å². The SMILES string of the molecule is N[C@@H](c1c[nH]cc1O)C(F)(F)F. The largest absolute Gasteiger partial charge is 0.506 e. The fraction of sp³-hybridized carbons (Fsp3) is 0.333. The Hall–Kier alpha value is -1.17. The van der Waals surface area contributed by atoms with Crippen LogP contribution in [-0.4, -0.2) is 16.3 Å². The average Bonchev–Trinajstić information content (AvgIpc) is 2.31. The molecule has 0 unspecified atom stereocenters. The van der Waals surface area contributed by atoms with E-state index in [1.54, 1.807) is 0 Å². The molecule has 0 radical (unpaired) electrons. The Kier molecular flexibility index (Phi) is 2.01. The lowest BCUT2D eigenvalue weighted by atomic mass is 10.1. The number of nitrogens with one attached hydrogen (secondary N) is 1. The van der Waals surface area contributed by atoms with Crippen molar-refractivity contribution in [2.45, 2.75) is 12.2 Å². The minimum atomic E-state index is -4.53. The van der Waals surface area contributed by atoms with Gasteiger partial charge in [0.25, 0.3) is 0 Å². The number of hydrogen-bond donors (Lipinski definition) is 3. The lowest BCUT2D eigenvalue weighted by molar-refractivity contribution is -0.149. The first kappa shape index (κ1) is 8.92. The van der Waals surface area contributed by atoms with Crippen LogP contribution in [0.1, 0.15) is 11.6 Å². The van der Waals surface area contributed by atoms with E-state index in [2.05, 4.69) is 4.98 Å². The van der Waals surface area contributed by atoms with Crippen LogP contribution in [0.4, 0.5) is 13.2 Å². The third-order valence-electron chi connectivity index (χ3n) is 1.44. The van der Waals surface area contributed by atoms with Crippen LogP contribution in [-0.2, 0) is 0 Å². The molecule has 0 saturated carbocycles. The third kappa shape index (κ3) is 1.53. The van der Waals surface area contributed by atoms with Gasteiger partial charge in [-0.2, -0.15) is 13.2 Å². The van der Waals surface area contributed by atoms with E-state index in [4.69, 9.17) is 10.8 Å². The van der Waals surface area contributed by atoms with Crippen LogP contribution >= 0.6 is 0 Å². The minimum Gasteiger partial charge on any atom is -0.506 e. The summed E-state index contributed by atoms with van der Waals surface area (Å²) in [5, 5.41) is 8.87. The van der Waals surface area contributed by atoms with Crippen molar-refractivity contribution in [3.8, 4) is 5.75 Å². The summed E-state index contributed by atoms with van der Waals surface area (Å²) in [6.45, 7) is 0. The Balaban J connectivity index is 2.92. The van der Waals surface area contributed by atoms with Gasteiger partial charge < -0.3 is 15.8 Å². The summed E-state index contributed by atoms with van der Waals surface area (Å²) in [7, 11) is 0. The fourth-order valence-electron chi connectivity index (χ4n) is 0.793. The van der Waals surface area contributed by atoms with Crippen molar-refractivity contribution in [1.82, 2.24) is 4.98 Å². The van der Waals surface area contributed by atoms with Crippen LogP contribution in [0.25, 0.3) is 0 Å². The van der Waals surface area contributed by atoms with E-state index in [1.807, 2.05) is 0 Å². The molecule has 1 rings (SSSR count). The Morgan fingerprint density at radius 2 is 2.00 bits per heavy atom. The van der Waals surface area contributed by atoms with Gasteiger partial charge in [-0.1, -0.05) is 0 Å². The van der Waals surface area contributed by atoms with Crippen molar-refractivity contribution < 1.29 is 18.3 Å². The maximum atomic E-state index is 11.9. The van der Waals surface area contributed by atoms with E-state index in [-0.39, 0.29) is 5.56 Å². The first-order chi connectivity index (χ1) is 5.43. The molecule has 0 amide bonds. The van der Waals surface area contributed by atoms with Crippen LogP contribution in [0, 0.1) is 0 Å². The fourth-order valence-corrected chi connectivity index (χ4v) is 0.793. The van der Waals surface area contributed by atoms with Crippen molar-refractivity contribution >= 4 is 0 Å². The van der Waals surface area contributed by atoms with Crippen molar-refractivity contribution in [2.75, 3.05) is 0 Å². The normalized spacial score (nSPS) is 14.7. The molecule has 6 heteroatoms. The van der Waals surface area contributed by atoms with E-state index in [1.165, 1.54) is 0 Å². The van der Waals surface area contributed by atoms with Crippen molar-refractivity contribution in [1.29, 1.82) is 0 Å². The summed E-state index contributed by atoms with van der Waals surface area (Å²) < 4.78 is 35.8. The molecule has 1 aromatic rings. The molecule has 0 bridgehead atoms. The summed E-state index contributed by atoms with van der Waals surface area (Å²) in [6.07, 6.45) is -2.46. The van der Waals surface area contributed by atoms with Gasteiger partial charge >= 0.3 is 6.18 Å². The van der Waals surface area contributed by atoms with Gasteiger partial charge in [-0.05, 0) is 0 Å². The molecule has 3 nitrogen and oxygen atoms in total. The zero-order valence-corrected chi connectivity index (χ0v) is 5.89. The van der Waals surface area contributed by atoms with E-state index in [9.17, 15) is 13.2 Å². The van der Waals surface area contributed by atoms with Crippen LogP contribution in [0.15, 0.2) is 12.4 Å². The van der Waals surface area contributed by atoms with Crippen LogP contribution in [0.3, 0.4) is 0 Å². The maximum Gasteiger partial charge on any atom is 0.407 e. The number of hydrogen-bond acceptors (Lipinski definition) is 2. The second kappa shape index (κ2) is 2.71. The minimum absolute atomic E-state index is 0.345. The highest BCUT2D eigenvalue weighted by molar-refractivity contribution is 5.32. The van der Waals surface area contributed by atoms with Gasteiger partial charge in [0.2, 0.25) is 0 Å². The monoisotopic (exact) mass is 180 g/mol. The lowest BCUT2D eigenvalue weighted by Gasteiger charge is -2.14. The van der Waals surface area contributed by atoms with Crippen LogP contribution in [0.2, 0.25) is 0 Å². The predicted molar refractivity (Wildman–Crippen MR) is 35.4 cm³/mol. The molecule has 0 aliphatic heterocycles. The zero-order valence-electron chi connectivity index (χ0n) is 5.89. The highest BCUT2D eigenvalue weighted by Gasteiger charge is 2.39. The highest BCUT2D eigenvalue weighted by atomic mass is 19.4. The molecule has 12 heavy (non-hydrogen) atoms. The van der Waals surface area contributed by atoms with Gasteiger partial charge in [0.1, 0.15) is 11.8 Å². The number of nitrogens with two attached hydrogens (primary N) is 1. The van der Waals surface area contributed by atoms with Gasteiger partial charge in [0.15, 0.2) is 0 Å². The molecule has 0 spiro atoms. The molecule has 0 aliphatic carbocycles. The smallest absolute Gasteiger partial charge is 0.407 e. The van der Waals surface area contributed by atoms with Gasteiger partial charge in [0.05, 0.1) is 0 Å². The summed E-state index contributed by atoms with van der Waals surface area (Å²) in [5.74, 6) is -0.472. The van der Waals surface area contributed by atoms with Crippen molar-refractivity contribution in [3.63, 3.8) is 0 Å². The van der Waals surface area contributed by atoms with E-state index in [0.717, 1.165) is 12.4 Å². The zero-order chi connectivity index (χ0) is 9.35. The summed E-state index contributed by atoms with van der Waals surface area (Å²) in [5.41, 5.74) is 4.47. The van der Waals surface area contributed by atoms with Crippen molar-refractivity contribution in [3.05, 3.63) is 18.0 Å². The predicted octanol–water partition coefficient (Wildman–Crippen LogP) is 1.28. The number of halogens is 3. The van der Waals surface area contributed by atoms with E-state index in [0.29, 0.717) is 0 Å². The van der Waals surface area contributed by atoms with Crippen LogP contribution < -0.4 is 5.73 Å². The lowest BCUT2D eigenvalue weighted by Crippen LogP contribution is -2.28. The second-order valence-corrected chi connectivity index (χ2v) is 2.32. The number of alkyl halides is 3. The van der Waals surface area contributed by atoms with Gasteiger partial charge in [-0.25, -0.2) is 0 Å². The molecule has 0 aromatic carbocycles. The quantitative estimate of drug-likeness (QED) is 0.609. The summed E-state index contributed by atoms with van der Waals surface area (Å²) >= 11 is 0. The third-order valence-corrected chi connectivity index (χ3v) is 1.44. The number of rotatable bonds is 1. The Bertz CT molecular complexity index is 268. The molecule has 4 N–H and O–H groups in total. The number of aromatic nitrogens is 1. The summed E-state index contributed by atoms with van der Waals surface area (Å²) in [6, 6.07) is -2.14. The summed E-state index contributed by atoms with van der Waals surface area (Å²) in [4.78, 5) is 2.32. The van der Waals surface area contributed by atoms with Gasteiger partial charge in [-0.15, -0.1) is 0 Å². The molecule has 1 heterocycles. The first-order valence-corrected chi connectivity index (χ1v) is 3.11. The molecular weight excluding hydrogens is 173 g/mol. The molecule has 0 fully saturated rings. The Morgan fingerprint density at radius 1 is 1.42 bits per heavy atom. The Morgan fingerprint density at radius 3 is 2.33 bits per heavy atom. The van der Waals surface area contributed by atoms with Gasteiger partial charge in [0, 0.05) is 18.0 Å². The standard InChI is InChI=1S/C6H7F3N2O/c7-6(8,9)5(10)3-1-11-2-4(3)12/h1-2,5,11-12H,10H2/t5-/m0/s1. The average molecular weight is 180 g/mol. The first-order valence-electron chi connectivity index (χ1n) is 3.11.